The van der Waals surface area contributed by atoms with E-state index in [1.165, 1.54) is 0 Å². The van der Waals surface area contributed by atoms with Crippen molar-refractivity contribution in [2.24, 2.45) is 5.92 Å². The first-order chi connectivity index (χ1) is 8.08. The van der Waals surface area contributed by atoms with Crippen LogP contribution in [-0.2, 0) is 9.53 Å². The highest BCUT2D eigenvalue weighted by atomic mass is 79.9. The molecule has 1 heterocycles. The predicted octanol–water partition coefficient (Wildman–Crippen LogP) is 3.04. The van der Waals surface area contributed by atoms with E-state index in [1.54, 1.807) is 0 Å². The average molecular weight is 298 g/mol. The minimum Gasteiger partial charge on any atom is -0.381 e. The first-order valence-electron chi connectivity index (χ1n) is 5.73. The molecule has 0 aromatic heterocycles. The van der Waals surface area contributed by atoms with Crippen molar-refractivity contribution in [3.05, 3.63) is 27.7 Å². The number of hydrogen-bond donors (Lipinski definition) is 1. The summed E-state index contributed by atoms with van der Waals surface area (Å²) in [5.41, 5.74) is 3.07. The molecule has 17 heavy (non-hydrogen) atoms. The minimum absolute atomic E-state index is 0.00236. The van der Waals surface area contributed by atoms with Crippen LogP contribution in [0, 0.1) is 19.8 Å². The van der Waals surface area contributed by atoms with Crippen LogP contribution in [0.1, 0.15) is 17.5 Å². The molecule has 0 spiro atoms. The van der Waals surface area contributed by atoms with Gasteiger partial charge in [-0.2, -0.15) is 0 Å². The number of aryl methyl sites for hydroxylation is 2. The van der Waals surface area contributed by atoms with Gasteiger partial charge in [-0.1, -0.05) is 15.9 Å². The molecule has 4 heteroatoms. The van der Waals surface area contributed by atoms with Crippen LogP contribution in [-0.4, -0.2) is 19.1 Å². The summed E-state index contributed by atoms with van der Waals surface area (Å²) in [5, 5.41) is 3.01. The molecular formula is C13H16BrNO2. The summed E-state index contributed by atoms with van der Waals surface area (Å²) in [5.74, 6) is 0.0634. The Morgan fingerprint density at radius 2 is 2.06 bits per heavy atom. The number of rotatable bonds is 2. The lowest BCUT2D eigenvalue weighted by Crippen LogP contribution is -2.23. The van der Waals surface area contributed by atoms with Gasteiger partial charge >= 0.3 is 0 Å². The number of benzene rings is 1. The molecule has 1 saturated heterocycles. The number of nitrogens with one attached hydrogen (secondary N) is 1. The van der Waals surface area contributed by atoms with Crippen molar-refractivity contribution in [2.75, 3.05) is 18.5 Å². The number of carbonyl (C=O) groups excluding carboxylic acids is 1. The van der Waals surface area contributed by atoms with Crippen molar-refractivity contribution < 1.29 is 9.53 Å². The SMILES string of the molecule is Cc1cc(Br)cc(C)c1NC(=O)C1CCOC1. The highest BCUT2D eigenvalue weighted by Gasteiger charge is 2.24. The Bertz CT molecular complexity index is 416. The van der Waals surface area contributed by atoms with Gasteiger partial charge < -0.3 is 10.1 Å². The van der Waals surface area contributed by atoms with Crippen LogP contribution in [0.2, 0.25) is 0 Å². The van der Waals surface area contributed by atoms with Crippen LogP contribution < -0.4 is 5.32 Å². The lowest BCUT2D eigenvalue weighted by molar-refractivity contribution is -0.119. The molecule has 1 fully saturated rings. The Hall–Kier alpha value is -0.870. The molecular weight excluding hydrogens is 282 g/mol. The molecule has 1 aromatic rings. The van der Waals surface area contributed by atoms with Crippen molar-refractivity contribution in [1.82, 2.24) is 0 Å². The third-order valence-corrected chi connectivity index (χ3v) is 3.50. The molecule has 1 amide bonds. The van der Waals surface area contributed by atoms with E-state index in [4.69, 9.17) is 4.74 Å². The fraction of sp³-hybridized carbons (Fsp3) is 0.462. The largest absolute Gasteiger partial charge is 0.381 e. The number of hydrogen-bond acceptors (Lipinski definition) is 2. The Kier molecular flexibility index (Phi) is 3.84. The second kappa shape index (κ2) is 5.19. The van der Waals surface area contributed by atoms with Crippen LogP contribution in [0.15, 0.2) is 16.6 Å². The summed E-state index contributed by atoms with van der Waals surface area (Å²) in [4.78, 5) is 12.0. The number of anilines is 1. The van der Waals surface area contributed by atoms with E-state index in [0.29, 0.717) is 13.2 Å². The zero-order chi connectivity index (χ0) is 12.4. The van der Waals surface area contributed by atoms with Gasteiger partial charge in [0.15, 0.2) is 0 Å². The molecule has 2 rings (SSSR count). The maximum Gasteiger partial charge on any atom is 0.229 e. The number of carbonyl (C=O) groups is 1. The Morgan fingerprint density at radius 1 is 1.41 bits per heavy atom. The minimum atomic E-state index is -0.00236. The van der Waals surface area contributed by atoms with Gasteiger partial charge in [-0.15, -0.1) is 0 Å². The predicted molar refractivity (Wildman–Crippen MR) is 71.2 cm³/mol. The van der Waals surface area contributed by atoms with E-state index in [0.717, 1.165) is 27.7 Å². The molecule has 1 atom stereocenters. The van der Waals surface area contributed by atoms with Gasteiger partial charge in [0.2, 0.25) is 5.91 Å². The number of ether oxygens (including phenoxy) is 1. The van der Waals surface area contributed by atoms with E-state index in [-0.39, 0.29) is 11.8 Å². The summed E-state index contributed by atoms with van der Waals surface area (Å²) in [6, 6.07) is 4.02. The summed E-state index contributed by atoms with van der Waals surface area (Å²) in [7, 11) is 0. The van der Waals surface area contributed by atoms with Gasteiger partial charge in [0, 0.05) is 16.8 Å². The van der Waals surface area contributed by atoms with Crippen molar-refractivity contribution in [2.45, 2.75) is 20.3 Å². The van der Waals surface area contributed by atoms with Crippen molar-refractivity contribution in [3.63, 3.8) is 0 Å². The highest BCUT2D eigenvalue weighted by molar-refractivity contribution is 9.10. The highest BCUT2D eigenvalue weighted by Crippen LogP contribution is 2.26. The molecule has 1 unspecified atom stereocenters. The third-order valence-electron chi connectivity index (χ3n) is 3.05. The lowest BCUT2D eigenvalue weighted by atomic mass is 10.1. The second-order valence-corrected chi connectivity index (χ2v) is 5.38. The number of amides is 1. The molecule has 1 aliphatic heterocycles. The summed E-state index contributed by atoms with van der Waals surface area (Å²) < 4.78 is 6.26. The fourth-order valence-electron chi connectivity index (χ4n) is 2.07. The molecule has 0 aliphatic carbocycles. The van der Waals surface area contributed by atoms with E-state index in [2.05, 4.69) is 21.2 Å². The molecule has 1 aromatic carbocycles. The zero-order valence-electron chi connectivity index (χ0n) is 10.0. The smallest absolute Gasteiger partial charge is 0.229 e. The second-order valence-electron chi connectivity index (χ2n) is 4.46. The summed E-state index contributed by atoms with van der Waals surface area (Å²) in [6.07, 6.45) is 0.820. The van der Waals surface area contributed by atoms with Crippen LogP contribution in [0.25, 0.3) is 0 Å². The number of halogens is 1. The van der Waals surface area contributed by atoms with Gasteiger partial charge in [-0.05, 0) is 43.5 Å². The van der Waals surface area contributed by atoms with Gasteiger partial charge in [0.05, 0.1) is 12.5 Å². The third kappa shape index (κ3) is 2.87. The first kappa shape index (κ1) is 12.6. The van der Waals surface area contributed by atoms with Crippen molar-refractivity contribution >= 4 is 27.5 Å². The van der Waals surface area contributed by atoms with Crippen LogP contribution in [0.3, 0.4) is 0 Å². The van der Waals surface area contributed by atoms with E-state index in [9.17, 15) is 4.79 Å². The standard InChI is InChI=1S/C13H16BrNO2/c1-8-5-11(14)6-9(2)12(8)15-13(16)10-3-4-17-7-10/h5-6,10H,3-4,7H2,1-2H3,(H,15,16). The van der Waals surface area contributed by atoms with Crippen molar-refractivity contribution in [1.29, 1.82) is 0 Å². The topological polar surface area (TPSA) is 38.3 Å². The molecule has 1 aliphatic rings. The average Bonchev–Trinajstić information content (AvgIpc) is 2.76. The molecule has 3 nitrogen and oxygen atoms in total. The normalized spacial score (nSPS) is 19.4. The van der Waals surface area contributed by atoms with Gasteiger partial charge in [0.25, 0.3) is 0 Å². The maximum atomic E-state index is 12.0. The lowest BCUT2D eigenvalue weighted by Gasteiger charge is -2.14. The Labute approximate surface area is 110 Å². The zero-order valence-corrected chi connectivity index (χ0v) is 11.6. The van der Waals surface area contributed by atoms with Gasteiger partial charge in [0.1, 0.15) is 0 Å². The van der Waals surface area contributed by atoms with E-state index >= 15 is 0 Å². The van der Waals surface area contributed by atoms with E-state index in [1.807, 2.05) is 26.0 Å². The van der Waals surface area contributed by atoms with Gasteiger partial charge in [-0.25, -0.2) is 0 Å². The molecule has 1 N–H and O–H groups in total. The van der Waals surface area contributed by atoms with E-state index < -0.39 is 0 Å². The Morgan fingerprint density at radius 3 is 2.59 bits per heavy atom. The Balaban J connectivity index is 2.15. The quantitative estimate of drug-likeness (QED) is 0.911. The summed E-state index contributed by atoms with van der Waals surface area (Å²) in [6.45, 7) is 5.23. The maximum absolute atomic E-state index is 12.0. The van der Waals surface area contributed by atoms with Crippen molar-refractivity contribution in [3.8, 4) is 0 Å². The molecule has 0 radical (unpaired) electrons. The van der Waals surface area contributed by atoms with Crippen LogP contribution in [0.4, 0.5) is 5.69 Å². The van der Waals surface area contributed by atoms with Crippen LogP contribution in [0.5, 0.6) is 0 Å². The molecule has 0 saturated carbocycles. The first-order valence-corrected chi connectivity index (χ1v) is 6.52. The molecule has 0 bridgehead atoms. The summed E-state index contributed by atoms with van der Waals surface area (Å²) >= 11 is 3.45. The fourth-order valence-corrected chi connectivity index (χ4v) is 2.76. The van der Waals surface area contributed by atoms with Gasteiger partial charge in [-0.3, -0.25) is 4.79 Å². The molecule has 92 valence electrons. The monoisotopic (exact) mass is 297 g/mol. The van der Waals surface area contributed by atoms with Crippen LogP contribution >= 0.6 is 15.9 Å².